The molecule has 0 fully saturated rings. The summed E-state index contributed by atoms with van der Waals surface area (Å²) in [5, 5.41) is 9.97. The van der Waals surface area contributed by atoms with Gasteiger partial charge in [-0.2, -0.15) is 0 Å². The summed E-state index contributed by atoms with van der Waals surface area (Å²) in [5.41, 5.74) is -0.377. The second-order valence-corrected chi connectivity index (χ2v) is 4.18. The lowest BCUT2D eigenvalue weighted by Gasteiger charge is -2.07. The van der Waals surface area contributed by atoms with E-state index in [2.05, 4.69) is 9.98 Å². The number of nitrogens with zero attached hydrogens (tertiary/aromatic N) is 2. The number of aromatic amines is 1. The highest BCUT2D eigenvalue weighted by atomic mass is 32.1. The first-order valence-electron chi connectivity index (χ1n) is 5.71. The van der Waals surface area contributed by atoms with E-state index >= 15 is 0 Å². The van der Waals surface area contributed by atoms with Crippen LogP contribution >= 0.6 is 12.2 Å². The number of furan rings is 1. The molecule has 100 valence electrons. The van der Waals surface area contributed by atoms with Crippen LogP contribution in [0, 0.1) is 4.77 Å². The Kier molecular flexibility index (Phi) is 3.96. The van der Waals surface area contributed by atoms with Gasteiger partial charge in [0, 0.05) is 12.8 Å². The molecule has 0 radical (unpaired) electrons. The zero-order valence-corrected chi connectivity index (χ0v) is 11.1. The van der Waals surface area contributed by atoms with Gasteiger partial charge in [-0.3, -0.25) is 19.3 Å². The normalized spacial score (nSPS) is 11.2. The lowest BCUT2D eigenvalue weighted by atomic mass is 10.3. The van der Waals surface area contributed by atoms with Crippen LogP contribution in [0.2, 0.25) is 0 Å². The monoisotopic (exact) mass is 279 g/mol. The van der Waals surface area contributed by atoms with Crippen molar-refractivity contribution in [3.8, 4) is 5.88 Å². The summed E-state index contributed by atoms with van der Waals surface area (Å²) >= 11 is 4.95. The molecule has 2 aromatic heterocycles. The van der Waals surface area contributed by atoms with Crippen molar-refractivity contribution < 1.29 is 9.52 Å². The van der Waals surface area contributed by atoms with E-state index in [0.717, 1.165) is 0 Å². The highest BCUT2D eigenvalue weighted by molar-refractivity contribution is 7.71. The van der Waals surface area contributed by atoms with Crippen LogP contribution in [-0.4, -0.2) is 20.9 Å². The summed E-state index contributed by atoms with van der Waals surface area (Å²) in [6.07, 6.45) is 2.86. The number of aromatic nitrogens is 2. The third-order valence-corrected chi connectivity index (χ3v) is 2.89. The molecule has 0 unspecified atom stereocenters. The molecule has 0 saturated heterocycles. The number of hydrogen-bond acceptors (Lipinski definition) is 5. The van der Waals surface area contributed by atoms with Gasteiger partial charge in [0.2, 0.25) is 5.88 Å². The van der Waals surface area contributed by atoms with Crippen LogP contribution in [0.25, 0.3) is 0 Å². The second-order valence-electron chi connectivity index (χ2n) is 3.79. The molecular formula is C12H13N3O3S. The maximum atomic E-state index is 11.7. The Bertz CT molecular complexity index is 698. The number of nitrogens with one attached hydrogen (secondary N) is 1. The molecule has 0 aliphatic rings. The molecule has 19 heavy (non-hydrogen) atoms. The summed E-state index contributed by atoms with van der Waals surface area (Å²) in [6.45, 7) is 2.58. The van der Waals surface area contributed by atoms with E-state index in [0.29, 0.717) is 18.8 Å². The molecule has 0 spiro atoms. The summed E-state index contributed by atoms with van der Waals surface area (Å²) < 4.78 is 6.72. The summed E-state index contributed by atoms with van der Waals surface area (Å²) in [7, 11) is 0. The maximum Gasteiger partial charge on any atom is 0.264 e. The van der Waals surface area contributed by atoms with Crippen molar-refractivity contribution in [2.45, 2.75) is 20.0 Å². The minimum atomic E-state index is -0.463. The van der Waals surface area contributed by atoms with Gasteiger partial charge in [-0.15, -0.1) is 0 Å². The lowest BCUT2D eigenvalue weighted by molar-refractivity contribution is 0.408. The van der Waals surface area contributed by atoms with E-state index in [9.17, 15) is 9.90 Å². The fourth-order valence-electron chi connectivity index (χ4n) is 1.61. The third kappa shape index (κ3) is 2.82. The SMILES string of the molecule is CCn1c(O)c(C=NCc2ccco2)c(=O)[nH]c1=S. The third-order valence-electron chi connectivity index (χ3n) is 2.57. The summed E-state index contributed by atoms with van der Waals surface area (Å²) in [6, 6.07) is 3.53. The summed E-state index contributed by atoms with van der Waals surface area (Å²) in [4.78, 5) is 18.3. The van der Waals surface area contributed by atoms with Crippen LogP contribution in [0.15, 0.2) is 32.6 Å². The quantitative estimate of drug-likeness (QED) is 0.660. The fraction of sp³-hybridized carbons (Fsp3) is 0.250. The second kappa shape index (κ2) is 5.66. The predicted octanol–water partition coefficient (Wildman–Crippen LogP) is 1.84. The molecule has 0 saturated carbocycles. The molecule has 0 aliphatic carbocycles. The van der Waals surface area contributed by atoms with Gasteiger partial charge < -0.3 is 9.52 Å². The van der Waals surface area contributed by atoms with Gasteiger partial charge in [0.25, 0.3) is 5.56 Å². The number of rotatable bonds is 4. The van der Waals surface area contributed by atoms with Crippen LogP contribution in [0.5, 0.6) is 5.88 Å². The van der Waals surface area contributed by atoms with Crippen LogP contribution in [0.1, 0.15) is 18.2 Å². The minimum absolute atomic E-state index is 0.0852. The largest absolute Gasteiger partial charge is 0.494 e. The minimum Gasteiger partial charge on any atom is -0.494 e. The molecule has 0 aliphatic heterocycles. The molecule has 0 atom stereocenters. The number of H-pyrrole nitrogens is 1. The Morgan fingerprint density at radius 2 is 2.42 bits per heavy atom. The van der Waals surface area contributed by atoms with E-state index < -0.39 is 5.56 Å². The standard InChI is InChI=1S/C12H13N3O3S/c1-2-15-11(17)9(10(16)14-12(15)19)7-13-6-8-4-3-5-18-8/h3-5,7,17H,2,6H2,1H3,(H,14,16,19). The van der Waals surface area contributed by atoms with Gasteiger partial charge in [-0.25, -0.2) is 0 Å². The van der Waals surface area contributed by atoms with Crippen LogP contribution in [0.3, 0.4) is 0 Å². The molecule has 0 amide bonds. The van der Waals surface area contributed by atoms with E-state index in [1.165, 1.54) is 10.8 Å². The van der Waals surface area contributed by atoms with Crippen molar-refractivity contribution in [1.82, 2.24) is 9.55 Å². The van der Waals surface area contributed by atoms with Gasteiger partial charge in [-0.05, 0) is 31.3 Å². The van der Waals surface area contributed by atoms with Crippen LogP contribution < -0.4 is 5.56 Å². The van der Waals surface area contributed by atoms with Crippen molar-refractivity contribution in [3.63, 3.8) is 0 Å². The average Bonchev–Trinajstić information content (AvgIpc) is 2.86. The van der Waals surface area contributed by atoms with Crippen molar-refractivity contribution in [3.05, 3.63) is 44.8 Å². The molecule has 2 aromatic rings. The Morgan fingerprint density at radius 1 is 1.63 bits per heavy atom. The highest BCUT2D eigenvalue weighted by Crippen LogP contribution is 2.11. The van der Waals surface area contributed by atoms with Gasteiger partial charge in [0.1, 0.15) is 11.3 Å². The van der Waals surface area contributed by atoms with E-state index in [4.69, 9.17) is 16.6 Å². The molecule has 0 aromatic carbocycles. The first kappa shape index (κ1) is 13.3. The Balaban J connectivity index is 2.32. The van der Waals surface area contributed by atoms with Crippen molar-refractivity contribution in [2.24, 2.45) is 4.99 Å². The molecule has 2 heterocycles. The molecule has 0 bridgehead atoms. The number of aliphatic imine (C=N–C) groups is 1. The van der Waals surface area contributed by atoms with Crippen LogP contribution in [-0.2, 0) is 13.1 Å². The van der Waals surface area contributed by atoms with E-state index in [1.807, 2.05) is 6.92 Å². The number of hydrogen-bond donors (Lipinski definition) is 2. The Morgan fingerprint density at radius 3 is 3.05 bits per heavy atom. The smallest absolute Gasteiger partial charge is 0.264 e. The molecule has 7 heteroatoms. The van der Waals surface area contributed by atoms with Crippen molar-refractivity contribution in [1.29, 1.82) is 0 Å². The Labute approximate surface area is 114 Å². The van der Waals surface area contributed by atoms with E-state index in [-0.39, 0.29) is 16.2 Å². The van der Waals surface area contributed by atoms with Gasteiger partial charge in [0.05, 0.1) is 12.8 Å². The molecular weight excluding hydrogens is 266 g/mol. The molecule has 2 rings (SSSR count). The van der Waals surface area contributed by atoms with Crippen LogP contribution in [0.4, 0.5) is 0 Å². The first-order chi connectivity index (χ1) is 9.13. The maximum absolute atomic E-state index is 11.7. The van der Waals surface area contributed by atoms with Crippen molar-refractivity contribution in [2.75, 3.05) is 0 Å². The molecule has 2 N–H and O–H groups in total. The van der Waals surface area contributed by atoms with Gasteiger partial charge >= 0.3 is 0 Å². The fourth-order valence-corrected chi connectivity index (χ4v) is 1.92. The van der Waals surface area contributed by atoms with E-state index in [1.54, 1.807) is 18.4 Å². The Hall–Kier alpha value is -2.15. The predicted molar refractivity (Wildman–Crippen MR) is 73.2 cm³/mol. The van der Waals surface area contributed by atoms with Crippen molar-refractivity contribution >= 4 is 18.4 Å². The first-order valence-corrected chi connectivity index (χ1v) is 6.12. The molecule has 6 nitrogen and oxygen atoms in total. The zero-order valence-electron chi connectivity index (χ0n) is 10.3. The average molecular weight is 279 g/mol. The topological polar surface area (TPSA) is 83.5 Å². The summed E-state index contributed by atoms with van der Waals surface area (Å²) in [5.74, 6) is 0.495. The highest BCUT2D eigenvalue weighted by Gasteiger charge is 2.09. The van der Waals surface area contributed by atoms with Gasteiger partial charge in [-0.1, -0.05) is 0 Å². The zero-order chi connectivity index (χ0) is 13.8. The lowest BCUT2D eigenvalue weighted by Crippen LogP contribution is -2.18. The number of aromatic hydroxyl groups is 1. The van der Waals surface area contributed by atoms with Gasteiger partial charge in [0.15, 0.2) is 4.77 Å².